The average Bonchev–Trinajstić information content (AvgIpc) is 3.12. The molecule has 0 aliphatic carbocycles. The summed E-state index contributed by atoms with van der Waals surface area (Å²) in [5.41, 5.74) is 4.21. The molecule has 0 aliphatic heterocycles. The first kappa shape index (κ1) is 20.7. The Bertz CT molecular complexity index is 1240. The van der Waals surface area contributed by atoms with E-state index in [-0.39, 0.29) is 6.61 Å². The summed E-state index contributed by atoms with van der Waals surface area (Å²) in [4.78, 5) is 0. The quantitative estimate of drug-likeness (QED) is 0.468. The molecule has 0 saturated carbocycles. The van der Waals surface area contributed by atoms with Crippen LogP contribution in [0.5, 0.6) is 5.75 Å². The van der Waals surface area contributed by atoms with Crippen LogP contribution in [0.1, 0.15) is 29.4 Å². The zero-order chi connectivity index (χ0) is 22.0. The monoisotopic (exact) mass is 421 g/mol. The number of benzene rings is 2. The van der Waals surface area contributed by atoms with Crippen molar-refractivity contribution in [3.63, 3.8) is 0 Å². The molecule has 4 aromatic rings. The minimum absolute atomic E-state index is 0.0441. The van der Waals surface area contributed by atoms with Gasteiger partial charge < -0.3 is 15.2 Å². The molecule has 2 aromatic heterocycles. The molecule has 8 heteroatoms. The number of aliphatic hydroxyl groups excluding tert-OH is 1. The van der Waals surface area contributed by atoms with E-state index >= 15 is 0 Å². The number of halogens is 1. The molecule has 0 spiro atoms. The first-order valence-electron chi connectivity index (χ1n) is 10.1. The van der Waals surface area contributed by atoms with Gasteiger partial charge in [-0.2, -0.15) is 10.2 Å². The van der Waals surface area contributed by atoms with Crippen LogP contribution in [0.15, 0.2) is 42.5 Å². The van der Waals surface area contributed by atoms with Crippen molar-refractivity contribution in [3.8, 4) is 11.4 Å². The Labute approximate surface area is 179 Å². The first-order chi connectivity index (χ1) is 15.0. The molecule has 0 bridgehead atoms. The highest BCUT2D eigenvalue weighted by atomic mass is 19.1. The van der Waals surface area contributed by atoms with Crippen LogP contribution < -0.4 is 10.1 Å². The molecule has 2 heterocycles. The molecular weight excluding hydrogens is 397 g/mol. The van der Waals surface area contributed by atoms with Gasteiger partial charge in [-0.05, 0) is 44.0 Å². The second-order valence-electron chi connectivity index (χ2n) is 7.18. The molecule has 2 aromatic carbocycles. The lowest BCUT2D eigenvalue weighted by Crippen LogP contribution is -2.06. The SMILES string of the molecule is CCOc1ccc(-n2nc3c(NCc4ccccc4CO)nnc(C)c3c2C)c(F)c1. The lowest BCUT2D eigenvalue weighted by molar-refractivity contribution is 0.280. The van der Waals surface area contributed by atoms with Crippen LogP contribution in [0.4, 0.5) is 10.2 Å². The fraction of sp³-hybridized carbons (Fsp3) is 0.261. The highest BCUT2D eigenvalue weighted by molar-refractivity contribution is 5.92. The highest BCUT2D eigenvalue weighted by Gasteiger charge is 2.19. The maximum atomic E-state index is 14.8. The van der Waals surface area contributed by atoms with Gasteiger partial charge in [0.05, 0.1) is 30.0 Å². The fourth-order valence-corrected chi connectivity index (χ4v) is 3.66. The second kappa shape index (κ2) is 8.69. The lowest BCUT2D eigenvalue weighted by atomic mass is 10.1. The zero-order valence-electron chi connectivity index (χ0n) is 17.7. The van der Waals surface area contributed by atoms with Crippen LogP contribution in [0.25, 0.3) is 16.6 Å². The molecular formula is C23H24FN5O2. The smallest absolute Gasteiger partial charge is 0.177 e. The summed E-state index contributed by atoms with van der Waals surface area (Å²) < 4.78 is 21.8. The molecule has 0 radical (unpaired) electrons. The van der Waals surface area contributed by atoms with Crippen LogP contribution in [0.2, 0.25) is 0 Å². The van der Waals surface area contributed by atoms with Crippen molar-refractivity contribution in [3.05, 3.63) is 70.8 Å². The molecule has 0 fully saturated rings. The van der Waals surface area contributed by atoms with Crippen LogP contribution in [-0.2, 0) is 13.2 Å². The Hall–Kier alpha value is -3.52. The summed E-state index contributed by atoms with van der Waals surface area (Å²) in [5, 5.41) is 26.8. The molecule has 2 N–H and O–H groups in total. The largest absolute Gasteiger partial charge is 0.494 e. The van der Waals surface area contributed by atoms with Crippen molar-refractivity contribution in [1.29, 1.82) is 0 Å². The van der Waals surface area contributed by atoms with Gasteiger partial charge in [0.1, 0.15) is 17.0 Å². The van der Waals surface area contributed by atoms with E-state index in [1.165, 1.54) is 6.07 Å². The molecule has 4 rings (SSSR count). The number of aliphatic hydroxyl groups is 1. The van der Waals surface area contributed by atoms with Crippen molar-refractivity contribution >= 4 is 16.7 Å². The number of ether oxygens (including phenoxy) is 1. The number of fused-ring (bicyclic) bond motifs is 1. The van der Waals surface area contributed by atoms with Crippen molar-refractivity contribution in [2.75, 3.05) is 11.9 Å². The summed E-state index contributed by atoms with van der Waals surface area (Å²) in [6.45, 7) is 6.46. The standard InChI is InChI=1S/C23H24FN5O2/c1-4-31-18-9-10-20(19(24)11-18)29-15(3)21-14(2)26-27-23(22(21)28-29)25-12-16-7-5-6-8-17(16)13-30/h5-11,30H,4,12-13H2,1-3H3,(H,25,27). The van der Waals surface area contributed by atoms with Gasteiger partial charge in [0.15, 0.2) is 11.6 Å². The Morgan fingerprint density at radius 2 is 1.87 bits per heavy atom. The average molecular weight is 421 g/mol. The maximum absolute atomic E-state index is 14.8. The summed E-state index contributed by atoms with van der Waals surface area (Å²) in [6, 6.07) is 12.4. The number of aryl methyl sites for hydroxylation is 2. The van der Waals surface area contributed by atoms with E-state index in [4.69, 9.17) is 4.74 Å². The van der Waals surface area contributed by atoms with Crippen LogP contribution in [0.3, 0.4) is 0 Å². The Kier molecular flexibility index (Phi) is 5.81. The van der Waals surface area contributed by atoms with E-state index in [9.17, 15) is 9.50 Å². The number of rotatable bonds is 7. The minimum atomic E-state index is -0.424. The number of aromatic nitrogens is 4. The normalized spacial score (nSPS) is 11.1. The predicted octanol–water partition coefficient (Wildman–Crippen LogP) is 4.07. The van der Waals surface area contributed by atoms with E-state index < -0.39 is 5.82 Å². The zero-order valence-corrected chi connectivity index (χ0v) is 17.7. The van der Waals surface area contributed by atoms with E-state index in [1.54, 1.807) is 16.8 Å². The van der Waals surface area contributed by atoms with Gasteiger partial charge in [0, 0.05) is 12.6 Å². The molecule has 0 unspecified atom stereocenters. The van der Waals surface area contributed by atoms with Gasteiger partial charge in [0.2, 0.25) is 0 Å². The molecule has 0 amide bonds. The number of anilines is 1. The van der Waals surface area contributed by atoms with E-state index in [0.29, 0.717) is 41.6 Å². The molecule has 0 aliphatic rings. The van der Waals surface area contributed by atoms with Crippen LogP contribution in [0, 0.1) is 19.7 Å². The van der Waals surface area contributed by atoms with Gasteiger partial charge in [0.25, 0.3) is 0 Å². The summed E-state index contributed by atoms with van der Waals surface area (Å²) in [7, 11) is 0. The third-order valence-corrected chi connectivity index (χ3v) is 5.20. The van der Waals surface area contributed by atoms with E-state index in [2.05, 4.69) is 20.6 Å². The second-order valence-corrected chi connectivity index (χ2v) is 7.18. The van der Waals surface area contributed by atoms with Gasteiger partial charge >= 0.3 is 0 Å². The third-order valence-electron chi connectivity index (χ3n) is 5.20. The Balaban J connectivity index is 1.74. The highest BCUT2D eigenvalue weighted by Crippen LogP contribution is 2.29. The summed E-state index contributed by atoms with van der Waals surface area (Å²) in [6.07, 6.45) is 0. The number of nitrogens with one attached hydrogen (secondary N) is 1. The topological polar surface area (TPSA) is 85.1 Å². The number of hydrogen-bond donors (Lipinski definition) is 2. The third kappa shape index (κ3) is 3.94. The van der Waals surface area contributed by atoms with Crippen molar-refractivity contribution < 1.29 is 14.2 Å². The molecule has 31 heavy (non-hydrogen) atoms. The van der Waals surface area contributed by atoms with E-state index in [1.807, 2.05) is 45.0 Å². The minimum Gasteiger partial charge on any atom is -0.494 e. The van der Waals surface area contributed by atoms with Crippen molar-refractivity contribution in [2.45, 2.75) is 33.9 Å². The molecule has 0 atom stereocenters. The molecule has 7 nitrogen and oxygen atoms in total. The molecule has 0 saturated heterocycles. The van der Waals surface area contributed by atoms with Crippen molar-refractivity contribution in [2.24, 2.45) is 0 Å². The molecule has 160 valence electrons. The first-order valence-corrected chi connectivity index (χ1v) is 10.1. The van der Waals surface area contributed by atoms with E-state index in [0.717, 1.165) is 22.2 Å². The maximum Gasteiger partial charge on any atom is 0.177 e. The lowest BCUT2D eigenvalue weighted by Gasteiger charge is -2.09. The number of hydrogen-bond acceptors (Lipinski definition) is 6. The Morgan fingerprint density at radius 3 is 2.58 bits per heavy atom. The van der Waals surface area contributed by atoms with Crippen LogP contribution in [-0.4, -0.2) is 31.7 Å². The number of nitrogens with zero attached hydrogens (tertiary/aromatic N) is 4. The van der Waals surface area contributed by atoms with Gasteiger partial charge in [-0.15, -0.1) is 5.10 Å². The van der Waals surface area contributed by atoms with Crippen molar-refractivity contribution in [1.82, 2.24) is 20.0 Å². The van der Waals surface area contributed by atoms with Gasteiger partial charge in [-0.25, -0.2) is 9.07 Å². The summed E-state index contributed by atoms with van der Waals surface area (Å²) in [5.74, 6) is 0.552. The summed E-state index contributed by atoms with van der Waals surface area (Å²) >= 11 is 0. The fourth-order valence-electron chi connectivity index (χ4n) is 3.66. The van der Waals surface area contributed by atoms with Gasteiger partial charge in [-0.1, -0.05) is 24.3 Å². The predicted molar refractivity (Wildman–Crippen MR) is 117 cm³/mol. The van der Waals surface area contributed by atoms with Gasteiger partial charge in [-0.3, -0.25) is 0 Å². The van der Waals surface area contributed by atoms with Crippen LogP contribution >= 0.6 is 0 Å². The Morgan fingerprint density at radius 1 is 1.10 bits per heavy atom.